The number of nitrogens with zero attached hydrogens (tertiary/aromatic N) is 1. The van der Waals surface area contributed by atoms with E-state index in [1.54, 1.807) is 13.1 Å². The van der Waals surface area contributed by atoms with Crippen molar-refractivity contribution >= 4 is 22.5 Å². The number of carbonyl (C=O) groups is 1. The lowest BCUT2D eigenvalue weighted by atomic mass is 10.1. The maximum atomic E-state index is 11.7. The zero-order valence-electron chi connectivity index (χ0n) is 9.03. The maximum Gasteiger partial charge on any atom is 0.228 e. The molecule has 1 aromatic carbocycles. The zero-order chi connectivity index (χ0) is 11.5. The van der Waals surface area contributed by atoms with Gasteiger partial charge in [-0.05, 0) is 12.1 Å². The van der Waals surface area contributed by atoms with E-state index in [1.165, 1.54) is 0 Å². The van der Waals surface area contributed by atoms with Crippen LogP contribution in [0.15, 0.2) is 24.4 Å². The molecule has 2 rings (SSSR count). The average Bonchev–Trinajstić information content (AvgIpc) is 2.77. The highest BCUT2D eigenvalue weighted by Crippen LogP contribution is 2.21. The number of amides is 1. The van der Waals surface area contributed by atoms with Crippen molar-refractivity contribution in [3.05, 3.63) is 24.4 Å². The number of H-pyrrole nitrogens is 1. The highest BCUT2D eigenvalue weighted by Gasteiger charge is 2.12. The summed E-state index contributed by atoms with van der Waals surface area (Å²) in [6.45, 7) is 2.14. The molecule has 1 amide bonds. The van der Waals surface area contributed by atoms with Crippen molar-refractivity contribution in [2.24, 2.45) is 11.7 Å². The lowest BCUT2D eigenvalue weighted by Crippen LogP contribution is -2.26. The molecule has 1 heterocycles. The fraction of sp³-hybridized carbons (Fsp3) is 0.273. The molecule has 16 heavy (non-hydrogen) atoms. The normalized spacial score (nSPS) is 12.6. The first-order chi connectivity index (χ1) is 7.72. The summed E-state index contributed by atoms with van der Waals surface area (Å²) in [5.74, 6) is -0.265. The minimum absolute atomic E-state index is 0.0730. The summed E-state index contributed by atoms with van der Waals surface area (Å²) < 4.78 is 0. The van der Waals surface area contributed by atoms with Gasteiger partial charge in [0, 0.05) is 17.8 Å². The van der Waals surface area contributed by atoms with Gasteiger partial charge >= 0.3 is 0 Å². The van der Waals surface area contributed by atoms with E-state index < -0.39 is 0 Å². The zero-order valence-corrected chi connectivity index (χ0v) is 9.03. The first-order valence-corrected chi connectivity index (χ1v) is 5.15. The van der Waals surface area contributed by atoms with Gasteiger partial charge in [0.05, 0.1) is 17.4 Å². The Morgan fingerprint density at radius 2 is 2.44 bits per heavy atom. The summed E-state index contributed by atoms with van der Waals surface area (Å²) in [7, 11) is 0. The SMILES string of the molecule is CC(CN)C(=O)Nc1cccc2[nH]ncc12. The fourth-order valence-electron chi connectivity index (χ4n) is 1.44. The van der Waals surface area contributed by atoms with Crippen molar-refractivity contribution in [2.75, 3.05) is 11.9 Å². The third-order valence-corrected chi connectivity index (χ3v) is 2.54. The van der Waals surface area contributed by atoms with Gasteiger partial charge in [-0.15, -0.1) is 0 Å². The van der Waals surface area contributed by atoms with Crippen LogP contribution in [0, 0.1) is 5.92 Å². The van der Waals surface area contributed by atoms with Crippen LogP contribution in [-0.4, -0.2) is 22.6 Å². The van der Waals surface area contributed by atoms with Crippen molar-refractivity contribution in [3.63, 3.8) is 0 Å². The van der Waals surface area contributed by atoms with Crippen LogP contribution in [0.4, 0.5) is 5.69 Å². The van der Waals surface area contributed by atoms with Crippen LogP contribution in [0.3, 0.4) is 0 Å². The predicted molar refractivity (Wildman–Crippen MR) is 62.9 cm³/mol. The van der Waals surface area contributed by atoms with Crippen molar-refractivity contribution in [1.82, 2.24) is 10.2 Å². The number of nitrogens with two attached hydrogens (primary N) is 1. The molecule has 0 bridgehead atoms. The van der Waals surface area contributed by atoms with Gasteiger partial charge in [-0.2, -0.15) is 5.10 Å². The van der Waals surface area contributed by atoms with Gasteiger partial charge in [-0.1, -0.05) is 13.0 Å². The van der Waals surface area contributed by atoms with Gasteiger partial charge in [0.25, 0.3) is 0 Å². The summed E-state index contributed by atoms with van der Waals surface area (Å²) in [5.41, 5.74) is 7.10. The Bertz CT molecular complexity index is 505. The van der Waals surface area contributed by atoms with Gasteiger partial charge in [0.15, 0.2) is 0 Å². The molecule has 0 aliphatic heterocycles. The van der Waals surface area contributed by atoms with Crippen LogP contribution in [0.5, 0.6) is 0 Å². The molecule has 0 saturated carbocycles. The number of aromatic amines is 1. The van der Waals surface area contributed by atoms with E-state index >= 15 is 0 Å². The third kappa shape index (κ3) is 1.90. The molecule has 5 heteroatoms. The quantitative estimate of drug-likeness (QED) is 0.721. The Balaban J connectivity index is 2.27. The van der Waals surface area contributed by atoms with E-state index in [4.69, 9.17) is 5.73 Å². The van der Waals surface area contributed by atoms with Crippen LogP contribution in [-0.2, 0) is 4.79 Å². The fourth-order valence-corrected chi connectivity index (χ4v) is 1.44. The lowest BCUT2D eigenvalue weighted by Gasteiger charge is -2.10. The minimum Gasteiger partial charge on any atom is -0.330 e. The first kappa shape index (κ1) is 10.6. The largest absolute Gasteiger partial charge is 0.330 e. The van der Waals surface area contributed by atoms with E-state index in [-0.39, 0.29) is 11.8 Å². The Kier molecular flexibility index (Phi) is 2.87. The summed E-state index contributed by atoms with van der Waals surface area (Å²) in [6, 6.07) is 5.62. The molecule has 0 aliphatic rings. The molecule has 0 fully saturated rings. The number of aromatic nitrogens is 2. The smallest absolute Gasteiger partial charge is 0.228 e. The van der Waals surface area contributed by atoms with Crippen LogP contribution in [0.25, 0.3) is 10.9 Å². The second-order valence-electron chi connectivity index (χ2n) is 3.76. The lowest BCUT2D eigenvalue weighted by molar-refractivity contribution is -0.119. The minimum atomic E-state index is -0.192. The number of anilines is 1. The number of nitrogens with one attached hydrogen (secondary N) is 2. The monoisotopic (exact) mass is 218 g/mol. The van der Waals surface area contributed by atoms with Gasteiger partial charge in [-0.3, -0.25) is 9.89 Å². The average molecular weight is 218 g/mol. The van der Waals surface area contributed by atoms with Crippen LogP contribution in [0.2, 0.25) is 0 Å². The van der Waals surface area contributed by atoms with Gasteiger partial charge < -0.3 is 11.1 Å². The molecule has 0 radical (unpaired) electrons. The number of benzene rings is 1. The van der Waals surface area contributed by atoms with Gasteiger partial charge in [0.2, 0.25) is 5.91 Å². The molecular formula is C11H14N4O. The number of fused-ring (bicyclic) bond motifs is 1. The van der Waals surface area contributed by atoms with E-state index in [0.717, 1.165) is 16.6 Å². The molecule has 0 spiro atoms. The van der Waals surface area contributed by atoms with E-state index in [2.05, 4.69) is 15.5 Å². The molecule has 1 atom stereocenters. The number of hydrogen-bond acceptors (Lipinski definition) is 3. The van der Waals surface area contributed by atoms with Crippen LogP contribution in [0.1, 0.15) is 6.92 Å². The third-order valence-electron chi connectivity index (χ3n) is 2.54. The maximum absolute atomic E-state index is 11.7. The van der Waals surface area contributed by atoms with E-state index in [0.29, 0.717) is 6.54 Å². The molecule has 2 aromatic rings. The van der Waals surface area contributed by atoms with Gasteiger partial charge in [0.1, 0.15) is 0 Å². The standard InChI is InChI=1S/C11H14N4O/c1-7(5-12)11(16)14-9-3-2-4-10-8(9)6-13-15-10/h2-4,6-7H,5,12H2,1H3,(H,13,15)(H,14,16). The van der Waals surface area contributed by atoms with Crippen LogP contribution >= 0.6 is 0 Å². The number of rotatable bonds is 3. The Morgan fingerprint density at radius 1 is 1.62 bits per heavy atom. The highest BCUT2D eigenvalue weighted by atomic mass is 16.1. The van der Waals surface area contributed by atoms with Crippen molar-refractivity contribution in [2.45, 2.75) is 6.92 Å². The summed E-state index contributed by atoms with van der Waals surface area (Å²) >= 11 is 0. The van der Waals surface area contributed by atoms with Crippen LogP contribution < -0.4 is 11.1 Å². The van der Waals surface area contributed by atoms with Crippen molar-refractivity contribution in [3.8, 4) is 0 Å². The molecule has 84 valence electrons. The van der Waals surface area contributed by atoms with Crippen molar-refractivity contribution in [1.29, 1.82) is 0 Å². The summed E-state index contributed by atoms with van der Waals surface area (Å²) in [4.78, 5) is 11.7. The molecule has 1 aromatic heterocycles. The number of carbonyl (C=O) groups excluding carboxylic acids is 1. The molecule has 4 N–H and O–H groups in total. The molecule has 0 aliphatic carbocycles. The molecule has 1 unspecified atom stereocenters. The summed E-state index contributed by atoms with van der Waals surface area (Å²) in [5, 5.41) is 10.5. The predicted octanol–water partition coefficient (Wildman–Crippen LogP) is 1.10. The highest BCUT2D eigenvalue weighted by molar-refractivity contribution is 6.01. The van der Waals surface area contributed by atoms with E-state index in [9.17, 15) is 4.79 Å². The summed E-state index contributed by atoms with van der Waals surface area (Å²) in [6.07, 6.45) is 1.69. The second-order valence-corrected chi connectivity index (χ2v) is 3.76. The van der Waals surface area contributed by atoms with Crippen molar-refractivity contribution < 1.29 is 4.79 Å². The molecule has 0 saturated heterocycles. The Hall–Kier alpha value is -1.88. The van der Waals surface area contributed by atoms with E-state index in [1.807, 2.05) is 18.2 Å². The Morgan fingerprint density at radius 3 is 3.19 bits per heavy atom. The topological polar surface area (TPSA) is 83.8 Å². The molecule has 5 nitrogen and oxygen atoms in total. The number of hydrogen-bond donors (Lipinski definition) is 3. The first-order valence-electron chi connectivity index (χ1n) is 5.15. The Labute approximate surface area is 93.0 Å². The van der Waals surface area contributed by atoms with Gasteiger partial charge in [-0.25, -0.2) is 0 Å². The molecular weight excluding hydrogens is 204 g/mol. The second kappa shape index (κ2) is 4.32.